The monoisotopic (exact) mass is 343 g/mol. The highest BCUT2D eigenvalue weighted by Crippen LogP contribution is 2.19. The molecule has 0 fully saturated rings. The van der Waals surface area contributed by atoms with Gasteiger partial charge in [-0.3, -0.25) is 4.79 Å². The molecule has 0 saturated heterocycles. The van der Waals surface area contributed by atoms with Crippen molar-refractivity contribution in [3.05, 3.63) is 58.8 Å². The predicted octanol–water partition coefficient (Wildman–Crippen LogP) is 1.76. The minimum Gasteiger partial charge on any atom is -0.496 e. The van der Waals surface area contributed by atoms with Crippen LogP contribution in [-0.4, -0.2) is 34.7 Å². The molecule has 2 aromatic heterocycles. The smallest absolute Gasteiger partial charge is 0.437 e. The second-order valence-corrected chi connectivity index (χ2v) is 5.37. The molecule has 0 unspecified atom stereocenters. The highest BCUT2D eigenvalue weighted by Gasteiger charge is 2.18. The van der Waals surface area contributed by atoms with Crippen molar-refractivity contribution in [3.8, 4) is 17.4 Å². The van der Waals surface area contributed by atoms with Crippen LogP contribution in [0.15, 0.2) is 56.3 Å². The van der Waals surface area contributed by atoms with Crippen LogP contribution in [0.1, 0.15) is 5.56 Å². The fourth-order valence-electron chi connectivity index (χ4n) is 2.33. The average Bonchev–Trinajstić information content (AvgIpc) is 3.25. The molecule has 0 saturated carbocycles. The first-order chi connectivity index (χ1) is 12.1. The molecular formula is C17H17N3O5. The summed E-state index contributed by atoms with van der Waals surface area (Å²) in [4.78, 5) is 25.7. The molecule has 3 rings (SSSR count). The fraction of sp³-hybridized carbons (Fsp3) is 0.235. The van der Waals surface area contributed by atoms with Crippen molar-refractivity contribution >= 4 is 5.91 Å². The lowest BCUT2D eigenvalue weighted by molar-refractivity contribution is -0.131. The van der Waals surface area contributed by atoms with Crippen LogP contribution < -0.4 is 10.5 Å². The number of hydrogen-bond donors (Lipinski definition) is 0. The third-order valence-electron chi connectivity index (χ3n) is 3.65. The molecule has 0 bridgehead atoms. The number of methoxy groups -OCH3 is 1. The van der Waals surface area contributed by atoms with Crippen LogP contribution in [0.2, 0.25) is 0 Å². The molecule has 25 heavy (non-hydrogen) atoms. The van der Waals surface area contributed by atoms with Crippen molar-refractivity contribution in [1.29, 1.82) is 0 Å². The van der Waals surface area contributed by atoms with E-state index in [0.29, 0.717) is 18.1 Å². The Balaban J connectivity index is 1.71. The number of rotatable bonds is 6. The van der Waals surface area contributed by atoms with E-state index in [0.717, 1.165) is 10.2 Å². The fourth-order valence-corrected chi connectivity index (χ4v) is 2.33. The molecule has 0 atom stereocenters. The molecule has 0 N–H and O–H groups in total. The number of hydrogen-bond acceptors (Lipinski definition) is 6. The SMILES string of the molecule is COc1ccccc1CN(C)C(=O)Cn1nc(-c2ccco2)oc1=O. The second kappa shape index (κ2) is 7.08. The van der Waals surface area contributed by atoms with Crippen LogP contribution in [0, 0.1) is 0 Å². The highest BCUT2D eigenvalue weighted by atomic mass is 16.5. The van der Waals surface area contributed by atoms with Crippen molar-refractivity contribution in [2.24, 2.45) is 0 Å². The lowest BCUT2D eigenvalue weighted by Gasteiger charge is -2.18. The summed E-state index contributed by atoms with van der Waals surface area (Å²) in [5.41, 5.74) is 0.865. The van der Waals surface area contributed by atoms with Gasteiger partial charge in [0, 0.05) is 19.2 Å². The Kier molecular flexibility index (Phi) is 4.69. The van der Waals surface area contributed by atoms with Gasteiger partial charge in [-0.1, -0.05) is 18.2 Å². The molecule has 8 nitrogen and oxygen atoms in total. The van der Waals surface area contributed by atoms with E-state index < -0.39 is 5.76 Å². The predicted molar refractivity (Wildman–Crippen MR) is 87.9 cm³/mol. The molecule has 8 heteroatoms. The van der Waals surface area contributed by atoms with E-state index >= 15 is 0 Å². The Labute approximate surface area is 143 Å². The Hall–Kier alpha value is -3.29. The Bertz CT molecular complexity index is 911. The van der Waals surface area contributed by atoms with Crippen molar-refractivity contribution < 1.29 is 18.4 Å². The molecular weight excluding hydrogens is 326 g/mol. The van der Waals surface area contributed by atoms with Crippen LogP contribution in [-0.2, 0) is 17.9 Å². The van der Waals surface area contributed by atoms with Gasteiger partial charge in [-0.25, -0.2) is 4.79 Å². The first kappa shape index (κ1) is 16.6. The summed E-state index contributed by atoms with van der Waals surface area (Å²) in [7, 11) is 3.22. The van der Waals surface area contributed by atoms with Gasteiger partial charge in [-0.15, -0.1) is 5.10 Å². The third-order valence-corrected chi connectivity index (χ3v) is 3.65. The number of carbonyl (C=O) groups excluding carboxylic acids is 1. The maximum Gasteiger partial charge on any atom is 0.437 e. The number of aromatic nitrogens is 2. The summed E-state index contributed by atoms with van der Waals surface area (Å²) < 4.78 is 16.4. The molecule has 0 spiro atoms. The quantitative estimate of drug-likeness (QED) is 0.677. The van der Waals surface area contributed by atoms with E-state index in [1.165, 1.54) is 11.2 Å². The van der Waals surface area contributed by atoms with E-state index in [1.54, 1.807) is 26.3 Å². The zero-order chi connectivity index (χ0) is 17.8. The largest absolute Gasteiger partial charge is 0.496 e. The normalized spacial score (nSPS) is 10.6. The lowest BCUT2D eigenvalue weighted by atomic mass is 10.2. The summed E-state index contributed by atoms with van der Waals surface area (Å²) in [5, 5.41) is 3.99. The van der Waals surface area contributed by atoms with Gasteiger partial charge in [-0.05, 0) is 18.2 Å². The maximum absolute atomic E-state index is 12.4. The summed E-state index contributed by atoms with van der Waals surface area (Å²) in [6, 6.07) is 10.7. The van der Waals surface area contributed by atoms with Crippen LogP contribution >= 0.6 is 0 Å². The van der Waals surface area contributed by atoms with Crippen LogP contribution in [0.4, 0.5) is 0 Å². The molecule has 0 aliphatic carbocycles. The molecule has 0 radical (unpaired) electrons. The second-order valence-electron chi connectivity index (χ2n) is 5.37. The summed E-state index contributed by atoms with van der Waals surface area (Å²) >= 11 is 0. The minimum absolute atomic E-state index is 0.0372. The Morgan fingerprint density at radius 3 is 2.80 bits per heavy atom. The van der Waals surface area contributed by atoms with Crippen molar-refractivity contribution in [1.82, 2.24) is 14.7 Å². The number of nitrogens with zero attached hydrogens (tertiary/aromatic N) is 3. The van der Waals surface area contributed by atoms with Gasteiger partial charge in [0.25, 0.3) is 5.89 Å². The third kappa shape index (κ3) is 3.63. The van der Waals surface area contributed by atoms with Gasteiger partial charge in [0.05, 0.1) is 13.4 Å². The van der Waals surface area contributed by atoms with Crippen LogP contribution in [0.5, 0.6) is 5.75 Å². The number of ether oxygens (including phenoxy) is 1. The number of para-hydroxylation sites is 1. The molecule has 0 aliphatic heterocycles. The van der Waals surface area contributed by atoms with Crippen molar-refractivity contribution in [2.75, 3.05) is 14.2 Å². The van der Waals surface area contributed by atoms with Crippen LogP contribution in [0.25, 0.3) is 11.7 Å². The number of furan rings is 1. The van der Waals surface area contributed by atoms with Crippen molar-refractivity contribution in [3.63, 3.8) is 0 Å². The molecule has 0 aliphatic rings. The van der Waals surface area contributed by atoms with Crippen LogP contribution in [0.3, 0.4) is 0 Å². The Morgan fingerprint density at radius 1 is 1.28 bits per heavy atom. The van der Waals surface area contributed by atoms with Gasteiger partial charge in [0.1, 0.15) is 12.3 Å². The first-order valence-electron chi connectivity index (χ1n) is 7.56. The van der Waals surface area contributed by atoms with E-state index in [2.05, 4.69) is 5.10 Å². The topological polar surface area (TPSA) is 90.7 Å². The van der Waals surface area contributed by atoms with E-state index in [4.69, 9.17) is 13.6 Å². The van der Waals surface area contributed by atoms with E-state index in [9.17, 15) is 9.59 Å². The zero-order valence-corrected chi connectivity index (χ0v) is 13.8. The average molecular weight is 343 g/mol. The number of likely N-dealkylation sites (N-methyl/N-ethyl adjacent to an activating group) is 1. The maximum atomic E-state index is 12.4. The molecule has 130 valence electrons. The van der Waals surface area contributed by atoms with Gasteiger partial charge in [0.2, 0.25) is 5.91 Å². The Morgan fingerprint density at radius 2 is 2.08 bits per heavy atom. The zero-order valence-electron chi connectivity index (χ0n) is 13.8. The van der Waals surface area contributed by atoms with Gasteiger partial charge < -0.3 is 18.5 Å². The van der Waals surface area contributed by atoms with Crippen molar-refractivity contribution in [2.45, 2.75) is 13.1 Å². The summed E-state index contributed by atoms with van der Waals surface area (Å²) in [6.07, 6.45) is 1.44. The molecule has 1 aromatic carbocycles. The van der Waals surface area contributed by atoms with Gasteiger partial charge >= 0.3 is 5.76 Å². The van der Waals surface area contributed by atoms with Gasteiger partial charge in [-0.2, -0.15) is 4.68 Å². The molecule has 2 heterocycles. The summed E-state index contributed by atoms with van der Waals surface area (Å²) in [5.74, 6) is 0.0551. The molecule has 3 aromatic rings. The lowest BCUT2D eigenvalue weighted by Crippen LogP contribution is -2.33. The number of benzene rings is 1. The number of carbonyl (C=O) groups is 1. The standard InChI is InChI=1S/C17H17N3O5/c1-19(10-12-6-3-4-7-13(12)23-2)15(21)11-20-17(22)25-16(18-20)14-8-5-9-24-14/h3-9H,10-11H2,1-2H3. The van der Waals surface area contributed by atoms with E-state index in [1.807, 2.05) is 24.3 Å². The molecule has 1 amide bonds. The summed E-state index contributed by atoms with van der Waals surface area (Å²) in [6.45, 7) is 0.120. The first-order valence-corrected chi connectivity index (χ1v) is 7.56. The highest BCUT2D eigenvalue weighted by molar-refractivity contribution is 5.75. The van der Waals surface area contributed by atoms with Gasteiger partial charge in [0.15, 0.2) is 5.76 Å². The van der Waals surface area contributed by atoms with E-state index in [-0.39, 0.29) is 18.3 Å². The number of amides is 1. The minimum atomic E-state index is -0.717.